The Balaban J connectivity index is 1.15. The second-order valence-electron chi connectivity index (χ2n) is 8.13. The fraction of sp³-hybridized carbons (Fsp3) is 0.280. The molecular formula is C25H26N4OS. The number of nitrogens with one attached hydrogen (secondary N) is 1. The van der Waals surface area contributed by atoms with Crippen molar-refractivity contribution < 1.29 is 4.79 Å². The van der Waals surface area contributed by atoms with Crippen LogP contribution < -0.4 is 5.32 Å². The lowest BCUT2D eigenvalue weighted by Crippen LogP contribution is -2.44. The van der Waals surface area contributed by atoms with E-state index in [1.165, 1.54) is 5.56 Å². The van der Waals surface area contributed by atoms with Gasteiger partial charge in [0.25, 0.3) is 0 Å². The Kier molecular flexibility index (Phi) is 5.66. The lowest BCUT2D eigenvalue weighted by Gasteiger charge is -2.36. The van der Waals surface area contributed by atoms with Crippen molar-refractivity contribution in [2.45, 2.75) is 36.9 Å². The lowest BCUT2D eigenvalue weighted by molar-refractivity contribution is -0.117. The number of pyridine rings is 1. The maximum Gasteiger partial charge on any atom is 0.244 e. The van der Waals surface area contributed by atoms with E-state index in [0.29, 0.717) is 6.04 Å². The molecule has 158 valence electrons. The van der Waals surface area contributed by atoms with Crippen LogP contribution in [0.25, 0.3) is 11.7 Å². The molecule has 0 bridgehead atoms. The van der Waals surface area contributed by atoms with E-state index >= 15 is 0 Å². The van der Waals surface area contributed by atoms with Gasteiger partial charge in [0.2, 0.25) is 5.91 Å². The number of hydrogen-bond acceptors (Lipinski definition) is 4. The number of amides is 1. The number of hydrogen-bond donors (Lipinski definition) is 1. The van der Waals surface area contributed by atoms with Gasteiger partial charge in [-0.15, -0.1) is 0 Å². The summed E-state index contributed by atoms with van der Waals surface area (Å²) in [4.78, 5) is 20.5. The summed E-state index contributed by atoms with van der Waals surface area (Å²) in [5.74, 6) is -0.0200. The van der Waals surface area contributed by atoms with Gasteiger partial charge in [-0.1, -0.05) is 48.2 Å². The predicted molar refractivity (Wildman–Crippen MR) is 126 cm³/mol. The van der Waals surface area contributed by atoms with Crippen molar-refractivity contribution in [2.24, 2.45) is 0 Å². The monoisotopic (exact) mass is 430 g/mol. The highest BCUT2D eigenvalue weighted by atomic mass is 32.2. The van der Waals surface area contributed by atoms with Crippen LogP contribution in [0.2, 0.25) is 0 Å². The van der Waals surface area contributed by atoms with E-state index in [9.17, 15) is 4.79 Å². The van der Waals surface area contributed by atoms with Crippen LogP contribution in [0.1, 0.15) is 37.1 Å². The zero-order chi connectivity index (χ0) is 21.2. The largest absolute Gasteiger partial charge is 0.350 e. The minimum atomic E-state index is -0.0200. The highest BCUT2D eigenvalue weighted by molar-refractivity contribution is 8.03. The van der Waals surface area contributed by atoms with Crippen LogP contribution in [0.15, 0.2) is 76.8 Å². The van der Waals surface area contributed by atoms with Gasteiger partial charge in [-0.05, 0) is 49.6 Å². The first-order valence-corrected chi connectivity index (χ1v) is 11.6. The molecule has 0 aliphatic carbocycles. The fourth-order valence-electron chi connectivity index (χ4n) is 4.37. The number of carbonyl (C=O) groups excluding carboxylic acids is 1. The Morgan fingerprint density at radius 3 is 2.77 bits per heavy atom. The van der Waals surface area contributed by atoms with Gasteiger partial charge in [-0.3, -0.25) is 14.1 Å². The van der Waals surface area contributed by atoms with Crippen LogP contribution in [-0.4, -0.2) is 39.3 Å². The lowest BCUT2D eigenvalue weighted by atomic mass is 10.00. The van der Waals surface area contributed by atoms with Crippen LogP contribution in [-0.2, 0) is 4.79 Å². The first-order chi connectivity index (χ1) is 15.2. The summed E-state index contributed by atoms with van der Waals surface area (Å²) in [6.07, 6.45) is 9.47. The molecule has 1 amide bonds. The highest BCUT2D eigenvalue weighted by Crippen LogP contribution is 2.34. The van der Waals surface area contributed by atoms with Crippen molar-refractivity contribution in [3.8, 4) is 0 Å². The number of imidazole rings is 1. The summed E-state index contributed by atoms with van der Waals surface area (Å²) < 4.78 is 2.13. The second kappa shape index (κ2) is 8.73. The Hall–Kier alpha value is -2.83. The Morgan fingerprint density at radius 1 is 1.16 bits per heavy atom. The molecule has 2 aliphatic heterocycles. The van der Waals surface area contributed by atoms with Crippen LogP contribution in [0.3, 0.4) is 0 Å². The van der Waals surface area contributed by atoms with Crippen molar-refractivity contribution in [3.63, 3.8) is 0 Å². The van der Waals surface area contributed by atoms with Gasteiger partial charge in [0.15, 0.2) is 0 Å². The summed E-state index contributed by atoms with van der Waals surface area (Å²) in [6.45, 7) is 4.26. The third kappa shape index (κ3) is 4.31. The van der Waals surface area contributed by atoms with Crippen molar-refractivity contribution in [1.29, 1.82) is 0 Å². The molecule has 31 heavy (non-hydrogen) atoms. The molecule has 6 heteroatoms. The first kappa shape index (κ1) is 20.1. The Labute approximate surface area is 186 Å². The molecule has 4 heterocycles. The normalized spacial score (nSPS) is 18.3. The minimum absolute atomic E-state index is 0.0200. The molecular weight excluding hydrogens is 404 g/mol. The van der Waals surface area contributed by atoms with Gasteiger partial charge in [0, 0.05) is 36.2 Å². The number of rotatable bonds is 5. The number of thioether (sulfide) groups is 1. The molecule has 1 fully saturated rings. The first-order valence-electron chi connectivity index (χ1n) is 10.8. The van der Waals surface area contributed by atoms with E-state index in [4.69, 9.17) is 0 Å². The number of nitrogens with zero attached hydrogens (tertiary/aromatic N) is 3. The van der Waals surface area contributed by atoms with Gasteiger partial charge in [0.05, 0.1) is 16.9 Å². The van der Waals surface area contributed by atoms with Crippen molar-refractivity contribution in [2.75, 3.05) is 13.1 Å². The number of piperidine rings is 1. The summed E-state index contributed by atoms with van der Waals surface area (Å²) in [7, 11) is 0. The van der Waals surface area contributed by atoms with E-state index in [2.05, 4.69) is 69.0 Å². The average molecular weight is 431 g/mol. The molecule has 3 aromatic rings. The maximum absolute atomic E-state index is 12.5. The van der Waals surface area contributed by atoms with Gasteiger partial charge in [0.1, 0.15) is 5.65 Å². The van der Waals surface area contributed by atoms with Gasteiger partial charge in [-0.2, -0.15) is 0 Å². The topological polar surface area (TPSA) is 49.6 Å². The third-order valence-corrected chi connectivity index (χ3v) is 7.16. The number of benzene rings is 1. The number of likely N-dealkylation sites (tertiary alicyclic amines) is 1. The van der Waals surface area contributed by atoms with Crippen LogP contribution >= 0.6 is 11.8 Å². The fourth-order valence-corrected chi connectivity index (χ4v) is 5.36. The van der Waals surface area contributed by atoms with Gasteiger partial charge in [-0.25, -0.2) is 4.98 Å². The summed E-state index contributed by atoms with van der Waals surface area (Å²) in [5, 5.41) is 4.30. The van der Waals surface area contributed by atoms with Crippen molar-refractivity contribution >= 4 is 29.4 Å². The molecule has 1 aromatic carbocycles. The van der Waals surface area contributed by atoms with Crippen molar-refractivity contribution in [1.82, 2.24) is 19.6 Å². The molecule has 0 saturated carbocycles. The zero-order valence-electron chi connectivity index (χ0n) is 17.6. The van der Waals surface area contributed by atoms with E-state index in [0.717, 1.165) is 47.2 Å². The summed E-state index contributed by atoms with van der Waals surface area (Å²) >= 11 is 1.65. The smallest absolute Gasteiger partial charge is 0.244 e. The molecule has 0 spiro atoms. The van der Waals surface area contributed by atoms with Crippen LogP contribution in [0.4, 0.5) is 0 Å². The quantitative estimate of drug-likeness (QED) is 0.597. The molecule has 0 radical (unpaired) electrons. The standard InChI is InChI=1S/C25H26N4OS/c1-18(19-6-3-2-4-7-19)28-14-12-20(13-15-28)27-24(30)11-10-22-16-21-17-26-23-8-5-9-25(31-22)29(21)23/h2-11,16-18,20H,12-15H2,1H3,(H,27,30). The molecule has 1 N–H and O–H groups in total. The average Bonchev–Trinajstić information content (AvgIpc) is 3.23. The Morgan fingerprint density at radius 2 is 1.97 bits per heavy atom. The third-order valence-electron chi connectivity index (χ3n) is 6.14. The van der Waals surface area contributed by atoms with E-state index in [1.54, 1.807) is 17.8 Å². The van der Waals surface area contributed by atoms with E-state index in [1.807, 2.05) is 24.4 Å². The minimum Gasteiger partial charge on any atom is -0.350 e. The van der Waals surface area contributed by atoms with Gasteiger partial charge >= 0.3 is 0 Å². The summed E-state index contributed by atoms with van der Waals surface area (Å²) in [5.41, 5.74) is 3.34. The van der Waals surface area contributed by atoms with Gasteiger partial charge < -0.3 is 5.32 Å². The molecule has 2 aromatic heterocycles. The zero-order valence-corrected chi connectivity index (χ0v) is 18.4. The predicted octanol–water partition coefficient (Wildman–Crippen LogP) is 4.68. The Bertz CT molecular complexity index is 1140. The molecule has 2 aliphatic rings. The van der Waals surface area contributed by atoms with Crippen molar-refractivity contribution in [3.05, 3.63) is 83.0 Å². The SMILES string of the molecule is CC(c1ccccc1)N1CCC(NC(=O)C=CC2=Cc3cnc4cccc(n34)S2)CC1. The molecule has 5 nitrogen and oxygen atoms in total. The molecule has 1 unspecified atom stereocenters. The van der Waals surface area contributed by atoms with E-state index < -0.39 is 0 Å². The van der Waals surface area contributed by atoms with Crippen LogP contribution in [0.5, 0.6) is 0 Å². The molecule has 1 saturated heterocycles. The molecule has 5 rings (SSSR count). The maximum atomic E-state index is 12.5. The number of carbonyl (C=O) groups is 1. The molecule has 1 atom stereocenters. The second-order valence-corrected chi connectivity index (χ2v) is 9.22. The van der Waals surface area contributed by atoms with Crippen LogP contribution in [0, 0.1) is 0 Å². The van der Waals surface area contributed by atoms with E-state index in [-0.39, 0.29) is 11.9 Å². The number of aromatic nitrogens is 2. The highest BCUT2D eigenvalue weighted by Gasteiger charge is 2.24. The summed E-state index contributed by atoms with van der Waals surface area (Å²) in [6, 6.07) is 17.4. The number of allylic oxidation sites excluding steroid dienone is 1.